The first kappa shape index (κ1) is 11.9. The van der Waals surface area contributed by atoms with Crippen LogP contribution in [0.3, 0.4) is 0 Å². The van der Waals surface area contributed by atoms with Crippen molar-refractivity contribution in [2.75, 3.05) is 0 Å². The molecule has 3 heteroatoms. The summed E-state index contributed by atoms with van der Waals surface area (Å²) in [4.78, 5) is 12.0. The van der Waals surface area contributed by atoms with Gasteiger partial charge in [0.15, 0.2) is 0 Å². The Kier molecular flexibility index (Phi) is 3.85. The Bertz CT molecular complexity index is 254. The number of hydrogen-bond donors (Lipinski definition) is 2. The minimum Gasteiger partial charge on any atom is -0.353 e. The molecule has 4 unspecified atom stereocenters. The second kappa shape index (κ2) is 5.17. The molecule has 0 aromatic rings. The smallest absolute Gasteiger partial charge is 0.224 e. The van der Waals surface area contributed by atoms with Crippen LogP contribution in [0.4, 0.5) is 0 Å². The zero-order valence-corrected chi connectivity index (χ0v) is 10.2. The van der Waals surface area contributed by atoms with Crippen molar-refractivity contribution in [1.82, 2.24) is 5.32 Å². The van der Waals surface area contributed by atoms with Crippen LogP contribution in [0.2, 0.25) is 0 Å². The highest BCUT2D eigenvalue weighted by Gasteiger charge is 2.31. The molecule has 0 radical (unpaired) electrons. The summed E-state index contributed by atoms with van der Waals surface area (Å²) >= 11 is 0. The summed E-state index contributed by atoms with van der Waals surface area (Å²) in [5.41, 5.74) is 5.95. The maximum absolute atomic E-state index is 12.0. The van der Waals surface area contributed by atoms with Gasteiger partial charge in [-0.05, 0) is 31.6 Å². The summed E-state index contributed by atoms with van der Waals surface area (Å²) in [6.45, 7) is 2.28. The first-order chi connectivity index (χ1) is 7.66. The van der Waals surface area contributed by atoms with E-state index in [1.165, 1.54) is 12.8 Å². The summed E-state index contributed by atoms with van der Waals surface area (Å²) in [6, 6.07) is 0.505. The summed E-state index contributed by atoms with van der Waals surface area (Å²) in [5.74, 6) is 1.05. The van der Waals surface area contributed by atoms with E-state index < -0.39 is 0 Å². The van der Waals surface area contributed by atoms with Crippen molar-refractivity contribution >= 4 is 5.91 Å². The van der Waals surface area contributed by atoms with Crippen LogP contribution in [0.5, 0.6) is 0 Å². The molecule has 4 atom stereocenters. The van der Waals surface area contributed by atoms with Crippen LogP contribution in [-0.4, -0.2) is 18.0 Å². The van der Waals surface area contributed by atoms with Crippen LogP contribution in [-0.2, 0) is 4.79 Å². The van der Waals surface area contributed by atoms with Crippen molar-refractivity contribution in [3.8, 4) is 0 Å². The number of carbonyl (C=O) groups is 1. The van der Waals surface area contributed by atoms with Gasteiger partial charge in [-0.25, -0.2) is 0 Å². The van der Waals surface area contributed by atoms with E-state index in [9.17, 15) is 4.79 Å². The molecule has 2 aliphatic rings. The second-order valence-electron chi connectivity index (χ2n) is 5.68. The highest BCUT2D eigenvalue weighted by molar-refractivity contribution is 5.80. The highest BCUT2D eigenvalue weighted by atomic mass is 16.2. The molecule has 0 saturated heterocycles. The molecule has 2 fully saturated rings. The average molecular weight is 224 g/mol. The molecule has 1 amide bonds. The van der Waals surface area contributed by atoms with Crippen molar-refractivity contribution in [3.05, 3.63) is 0 Å². The minimum atomic E-state index is 0.0808. The molecule has 3 N–H and O–H groups in total. The van der Waals surface area contributed by atoms with Crippen molar-refractivity contribution in [2.24, 2.45) is 17.6 Å². The van der Waals surface area contributed by atoms with Crippen LogP contribution < -0.4 is 11.1 Å². The van der Waals surface area contributed by atoms with Crippen LogP contribution in [0, 0.1) is 11.8 Å². The van der Waals surface area contributed by atoms with E-state index in [2.05, 4.69) is 12.2 Å². The molecule has 0 heterocycles. The lowest BCUT2D eigenvalue weighted by atomic mass is 9.86. The Balaban J connectivity index is 1.82. The molecule has 2 aliphatic carbocycles. The molecule has 2 saturated carbocycles. The Labute approximate surface area is 98.2 Å². The van der Waals surface area contributed by atoms with Gasteiger partial charge in [-0.15, -0.1) is 0 Å². The first-order valence-electron chi connectivity index (χ1n) is 6.72. The van der Waals surface area contributed by atoms with Crippen molar-refractivity contribution in [1.29, 1.82) is 0 Å². The number of hydrogen-bond acceptors (Lipinski definition) is 2. The highest BCUT2D eigenvalue weighted by Crippen LogP contribution is 2.27. The first-order valence-corrected chi connectivity index (χ1v) is 6.72. The van der Waals surface area contributed by atoms with Gasteiger partial charge in [-0.2, -0.15) is 0 Å². The number of carbonyl (C=O) groups excluding carboxylic acids is 1. The zero-order valence-electron chi connectivity index (χ0n) is 10.2. The van der Waals surface area contributed by atoms with Crippen LogP contribution in [0.15, 0.2) is 0 Å². The van der Waals surface area contributed by atoms with Gasteiger partial charge >= 0.3 is 0 Å². The number of nitrogens with two attached hydrogens (primary N) is 1. The Morgan fingerprint density at radius 2 is 1.94 bits per heavy atom. The molecule has 3 nitrogen and oxygen atoms in total. The second-order valence-corrected chi connectivity index (χ2v) is 5.68. The van der Waals surface area contributed by atoms with Gasteiger partial charge in [-0.1, -0.05) is 26.2 Å². The number of nitrogens with one attached hydrogen (secondary N) is 1. The lowest BCUT2D eigenvalue weighted by Gasteiger charge is -2.29. The largest absolute Gasteiger partial charge is 0.353 e. The van der Waals surface area contributed by atoms with Gasteiger partial charge in [0, 0.05) is 12.1 Å². The van der Waals surface area contributed by atoms with Crippen LogP contribution >= 0.6 is 0 Å². The fourth-order valence-corrected chi connectivity index (χ4v) is 3.19. The van der Waals surface area contributed by atoms with E-state index in [-0.39, 0.29) is 17.9 Å². The standard InChI is InChI=1S/C13H24N2O/c1-9-4-2-5-10(8-9)15-13(16)11-6-3-7-12(11)14/h9-12H,2-8,14H2,1H3,(H,15,16). The lowest BCUT2D eigenvalue weighted by molar-refractivity contribution is -0.126. The van der Waals surface area contributed by atoms with Gasteiger partial charge in [0.25, 0.3) is 0 Å². The van der Waals surface area contributed by atoms with E-state index in [4.69, 9.17) is 5.73 Å². The summed E-state index contributed by atoms with van der Waals surface area (Å²) < 4.78 is 0. The topological polar surface area (TPSA) is 55.1 Å². The van der Waals surface area contributed by atoms with Gasteiger partial charge < -0.3 is 11.1 Å². The molecular weight excluding hydrogens is 200 g/mol. The molecule has 2 rings (SSSR count). The molecule has 0 spiro atoms. The van der Waals surface area contributed by atoms with Crippen molar-refractivity contribution in [3.63, 3.8) is 0 Å². The molecule has 16 heavy (non-hydrogen) atoms. The third kappa shape index (κ3) is 2.76. The normalized spacial score (nSPS) is 39.6. The zero-order chi connectivity index (χ0) is 11.5. The fourth-order valence-electron chi connectivity index (χ4n) is 3.19. The van der Waals surface area contributed by atoms with Gasteiger partial charge in [-0.3, -0.25) is 4.79 Å². The maximum Gasteiger partial charge on any atom is 0.224 e. The van der Waals surface area contributed by atoms with E-state index in [1.54, 1.807) is 0 Å². The fraction of sp³-hybridized carbons (Fsp3) is 0.923. The third-order valence-corrected chi connectivity index (χ3v) is 4.19. The van der Waals surface area contributed by atoms with Crippen molar-refractivity contribution in [2.45, 2.75) is 64.0 Å². The lowest BCUT2D eigenvalue weighted by Crippen LogP contribution is -2.44. The summed E-state index contributed by atoms with van der Waals surface area (Å²) in [7, 11) is 0. The van der Waals surface area contributed by atoms with E-state index in [0.29, 0.717) is 6.04 Å². The van der Waals surface area contributed by atoms with Crippen LogP contribution in [0.1, 0.15) is 51.9 Å². The predicted octanol–water partition coefficient (Wildman–Crippen LogP) is 1.81. The van der Waals surface area contributed by atoms with Crippen molar-refractivity contribution < 1.29 is 4.79 Å². The SMILES string of the molecule is CC1CCCC(NC(=O)C2CCCC2N)C1. The third-order valence-electron chi connectivity index (χ3n) is 4.19. The van der Waals surface area contributed by atoms with E-state index in [1.807, 2.05) is 0 Å². The maximum atomic E-state index is 12.0. The Hall–Kier alpha value is -0.570. The van der Waals surface area contributed by atoms with Crippen LogP contribution in [0.25, 0.3) is 0 Å². The quantitative estimate of drug-likeness (QED) is 0.751. The van der Waals surface area contributed by atoms with E-state index >= 15 is 0 Å². The monoisotopic (exact) mass is 224 g/mol. The molecule has 0 bridgehead atoms. The number of amides is 1. The molecule has 0 aliphatic heterocycles. The Morgan fingerprint density at radius 1 is 1.19 bits per heavy atom. The van der Waals surface area contributed by atoms with Gasteiger partial charge in [0.2, 0.25) is 5.91 Å². The molecule has 0 aromatic heterocycles. The predicted molar refractivity (Wildman–Crippen MR) is 64.9 cm³/mol. The van der Waals surface area contributed by atoms with Gasteiger partial charge in [0.1, 0.15) is 0 Å². The molecule has 0 aromatic carbocycles. The summed E-state index contributed by atoms with van der Waals surface area (Å²) in [6.07, 6.45) is 7.97. The number of rotatable bonds is 2. The summed E-state index contributed by atoms with van der Waals surface area (Å²) in [5, 5.41) is 3.20. The average Bonchev–Trinajstić information content (AvgIpc) is 2.64. The molecule has 92 valence electrons. The molecular formula is C13H24N2O. The Morgan fingerprint density at radius 3 is 2.56 bits per heavy atom. The minimum absolute atomic E-state index is 0.0808. The van der Waals surface area contributed by atoms with Gasteiger partial charge in [0.05, 0.1) is 5.92 Å². The van der Waals surface area contributed by atoms with E-state index in [0.717, 1.165) is 38.0 Å².